The molecule has 4 heteroatoms. The SMILES string of the molecule is CC(C)C(N)c1nc2ncccc2n1C. The first kappa shape index (κ1) is 10.1. The lowest BCUT2D eigenvalue weighted by molar-refractivity contribution is 0.480. The molecule has 0 fully saturated rings. The summed E-state index contributed by atoms with van der Waals surface area (Å²) in [5.41, 5.74) is 7.89. The smallest absolute Gasteiger partial charge is 0.177 e. The van der Waals surface area contributed by atoms with Crippen LogP contribution in [-0.2, 0) is 7.05 Å². The third-order valence-corrected chi connectivity index (χ3v) is 2.71. The number of rotatable bonds is 2. The van der Waals surface area contributed by atoms with Crippen molar-refractivity contribution in [1.29, 1.82) is 0 Å². The molecule has 0 aliphatic heterocycles. The number of hydrogen-bond acceptors (Lipinski definition) is 3. The van der Waals surface area contributed by atoms with E-state index >= 15 is 0 Å². The Balaban J connectivity index is 2.58. The van der Waals surface area contributed by atoms with E-state index in [1.54, 1.807) is 6.20 Å². The van der Waals surface area contributed by atoms with Crippen LogP contribution in [0, 0.1) is 5.92 Å². The van der Waals surface area contributed by atoms with Gasteiger partial charge in [-0.25, -0.2) is 9.97 Å². The van der Waals surface area contributed by atoms with Crippen LogP contribution in [0.4, 0.5) is 0 Å². The van der Waals surface area contributed by atoms with E-state index in [1.165, 1.54) is 0 Å². The molecule has 0 spiro atoms. The van der Waals surface area contributed by atoms with E-state index in [-0.39, 0.29) is 6.04 Å². The van der Waals surface area contributed by atoms with Crippen molar-refractivity contribution in [2.75, 3.05) is 0 Å². The molecule has 2 aromatic rings. The van der Waals surface area contributed by atoms with E-state index in [2.05, 4.69) is 23.8 Å². The van der Waals surface area contributed by atoms with Crippen LogP contribution in [0.15, 0.2) is 18.3 Å². The predicted molar refractivity (Wildman–Crippen MR) is 60.3 cm³/mol. The summed E-state index contributed by atoms with van der Waals surface area (Å²) in [6.45, 7) is 4.19. The van der Waals surface area contributed by atoms with Crippen LogP contribution >= 0.6 is 0 Å². The lowest BCUT2D eigenvalue weighted by Gasteiger charge is -2.14. The summed E-state index contributed by atoms with van der Waals surface area (Å²) in [4.78, 5) is 8.68. The van der Waals surface area contributed by atoms with Crippen molar-refractivity contribution in [1.82, 2.24) is 14.5 Å². The third kappa shape index (κ3) is 1.61. The molecule has 1 atom stereocenters. The molecule has 0 aliphatic carbocycles. The van der Waals surface area contributed by atoms with Gasteiger partial charge < -0.3 is 10.3 Å². The molecule has 0 bridgehead atoms. The monoisotopic (exact) mass is 204 g/mol. The summed E-state index contributed by atoms with van der Waals surface area (Å²) in [5.74, 6) is 1.28. The van der Waals surface area contributed by atoms with Crippen molar-refractivity contribution < 1.29 is 0 Å². The second kappa shape index (κ2) is 3.62. The van der Waals surface area contributed by atoms with Gasteiger partial charge >= 0.3 is 0 Å². The second-order valence-corrected chi connectivity index (χ2v) is 4.14. The lowest BCUT2D eigenvalue weighted by atomic mass is 10.1. The average Bonchev–Trinajstić information content (AvgIpc) is 2.56. The van der Waals surface area contributed by atoms with E-state index in [0.29, 0.717) is 5.92 Å². The third-order valence-electron chi connectivity index (χ3n) is 2.71. The maximum absolute atomic E-state index is 6.09. The van der Waals surface area contributed by atoms with Crippen LogP contribution in [0.1, 0.15) is 25.7 Å². The van der Waals surface area contributed by atoms with Crippen LogP contribution in [0.3, 0.4) is 0 Å². The van der Waals surface area contributed by atoms with E-state index < -0.39 is 0 Å². The molecule has 80 valence electrons. The Kier molecular flexibility index (Phi) is 2.44. The van der Waals surface area contributed by atoms with Gasteiger partial charge in [0.15, 0.2) is 5.65 Å². The first-order valence-corrected chi connectivity index (χ1v) is 5.14. The minimum Gasteiger partial charge on any atom is -0.328 e. The molecule has 2 rings (SSSR count). The number of aryl methyl sites for hydroxylation is 1. The Morgan fingerprint density at radius 2 is 2.13 bits per heavy atom. The largest absolute Gasteiger partial charge is 0.328 e. The van der Waals surface area contributed by atoms with Gasteiger partial charge in [0.05, 0.1) is 11.6 Å². The Labute approximate surface area is 89.1 Å². The van der Waals surface area contributed by atoms with Gasteiger partial charge in [-0.2, -0.15) is 0 Å². The highest BCUT2D eigenvalue weighted by Gasteiger charge is 2.17. The van der Waals surface area contributed by atoms with Gasteiger partial charge in [0.2, 0.25) is 0 Å². The summed E-state index contributed by atoms with van der Waals surface area (Å²) in [6, 6.07) is 3.88. The van der Waals surface area contributed by atoms with Gasteiger partial charge in [0, 0.05) is 13.2 Å². The van der Waals surface area contributed by atoms with Gasteiger partial charge in [0.25, 0.3) is 0 Å². The highest BCUT2D eigenvalue weighted by atomic mass is 15.1. The van der Waals surface area contributed by atoms with Crippen LogP contribution in [0.25, 0.3) is 11.2 Å². The van der Waals surface area contributed by atoms with Gasteiger partial charge in [-0.15, -0.1) is 0 Å². The summed E-state index contributed by atoms with van der Waals surface area (Å²) in [6.07, 6.45) is 1.75. The fourth-order valence-corrected chi connectivity index (χ4v) is 1.64. The quantitative estimate of drug-likeness (QED) is 0.808. The highest BCUT2D eigenvalue weighted by Crippen LogP contribution is 2.21. The number of hydrogen-bond donors (Lipinski definition) is 1. The fourth-order valence-electron chi connectivity index (χ4n) is 1.64. The average molecular weight is 204 g/mol. The molecule has 2 heterocycles. The van der Waals surface area contributed by atoms with Crippen LogP contribution in [0.5, 0.6) is 0 Å². The van der Waals surface area contributed by atoms with Gasteiger partial charge in [-0.1, -0.05) is 13.8 Å². The maximum Gasteiger partial charge on any atom is 0.177 e. The summed E-state index contributed by atoms with van der Waals surface area (Å²) < 4.78 is 2.02. The Morgan fingerprint density at radius 1 is 1.40 bits per heavy atom. The number of pyridine rings is 1. The minimum atomic E-state index is -0.0378. The van der Waals surface area contributed by atoms with Crippen molar-refractivity contribution in [3.8, 4) is 0 Å². The predicted octanol–water partition coefficient (Wildman–Crippen LogP) is 1.62. The number of aromatic nitrogens is 3. The Morgan fingerprint density at radius 3 is 2.73 bits per heavy atom. The molecular formula is C11H16N4. The number of fused-ring (bicyclic) bond motifs is 1. The van der Waals surface area contributed by atoms with Crippen molar-refractivity contribution in [3.05, 3.63) is 24.2 Å². The van der Waals surface area contributed by atoms with Crippen molar-refractivity contribution in [2.24, 2.45) is 18.7 Å². The minimum absolute atomic E-state index is 0.0378. The first-order chi connectivity index (χ1) is 7.11. The maximum atomic E-state index is 6.09. The van der Waals surface area contributed by atoms with Crippen LogP contribution in [-0.4, -0.2) is 14.5 Å². The number of nitrogens with zero attached hydrogens (tertiary/aromatic N) is 3. The molecule has 0 aromatic carbocycles. The Bertz CT molecular complexity index is 472. The molecule has 2 aromatic heterocycles. The van der Waals surface area contributed by atoms with E-state index in [9.17, 15) is 0 Å². The molecule has 1 unspecified atom stereocenters. The molecular weight excluding hydrogens is 188 g/mol. The van der Waals surface area contributed by atoms with E-state index in [4.69, 9.17) is 5.73 Å². The van der Waals surface area contributed by atoms with Crippen molar-refractivity contribution in [2.45, 2.75) is 19.9 Å². The van der Waals surface area contributed by atoms with Gasteiger partial charge in [-0.3, -0.25) is 0 Å². The lowest BCUT2D eigenvalue weighted by Crippen LogP contribution is -2.20. The van der Waals surface area contributed by atoms with Crippen LogP contribution < -0.4 is 5.73 Å². The molecule has 0 saturated heterocycles. The molecule has 0 aliphatic rings. The molecule has 0 radical (unpaired) electrons. The first-order valence-electron chi connectivity index (χ1n) is 5.14. The normalized spacial score (nSPS) is 13.7. The van der Waals surface area contributed by atoms with Crippen molar-refractivity contribution in [3.63, 3.8) is 0 Å². The van der Waals surface area contributed by atoms with Crippen LogP contribution in [0.2, 0.25) is 0 Å². The fraction of sp³-hybridized carbons (Fsp3) is 0.455. The molecule has 15 heavy (non-hydrogen) atoms. The van der Waals surface area contributed by atoms with Gasteiger partial charge in [-0.05, 0) is 18.1 Å². The molecule has 0 saturated carbocycles. The summed E-state index contributed by atoms with van der Waals surface area (Å²) in [5, 5.41) is 0. The highest BCUT2D eigenvalue weighted by molar-refractivity contribution is 5.71. The summed E-state index contributed by atoms with van der Waals surface area (Å²) >= 11 is 0. The zero-order chi connectivity index (χ0) is 11.0. The molecule has 0 amide bonds. The topological polar surface area (TPSA) is 56.7 Å². The van der Waals surface area contributed by atoms with Gasteiger partial charge in [0.1, 0.15) is 5.82 Å². The molecule has 2 N–H and O–H groups in total. The molecule has 4 nitrogen and oxygen atoms in total. The zero-order valence-electron chi connectivity index (χ0n) is 9.31. The van der Waals surface area contributed by atoms with Crippen molar-refractivity contribution >= 4 is 11.2 Å². The zero-order valence-corrected chi connectivity index (χ0v) is 9.31. The standard InChI is InChI=1S/C11H16N4/c1-7(2)9(12)11-14-10-8(15(11)3)5-4-6-13-10/h4-7,9H,12H2,1-3H3. The van der Waals surface area contributed by atoms with E-state index in [1.807, 2.05) is 23.7 Å². The number of nitrogens with two attached hydrogens (primary N) is 1. The summed E-state index contributed by atoms with van der Waals surface area (Å²) in [7, 11) is 1.98. The second-order valence-electron chi connectivity index (χ2n) is 4.14. The number of imidazole rings is 1. The van der Waals surface area contributed by atoms with E-state index in [0.717, 1.165) is 17.0 Å². The Hall–Kier alpha value is -1.42.